The molecule has 2 unspecified atom stereocenters. The van der Waals surface area contributed by atoms with Crippen LogP contribution in [-0.2, 0) is 9.53 Å². The molecule has 17 heavy (non-hydrogen) atoms. The number of hydrogen-bond donors (Lipinski definition) is 1. The highest BCUT2D eigenvalue weighted by molar-refractivity contribution is 5.83. The predicted molar refractivity (Wildman–Crippen MR) is 59.7 cm³/mol. The first-order chi connectivity index (χ1) is 8.13. The van der Waals surface area contributed by atoms with Crippen molar-refractivity contribution in [3.63, 3.8) is 0 Å². The SMILES string of the molecule is CCN1CCCC(N2C(=O)OCC2C(=O)O)C1. The van der Waals surface area contributed by atoms with E-state index < -0.39 is 18.1 Å². The van der Waals surface area contributed by atoms with E-state index in [1.807, 2.05) is 0 Å². The molecule has 0 aromatic heterocycles. The molecular formula is C11H18N2O4. The van der Waals surface area contributed by atoms with Crippen LogP contribution in [-0.4, -0.2) is 65.3 Å². The van der Waals surface area contributed by atoms with Gasteiger partial charge in [-0.1, -0.05) is 6.92 Å². The highest BCUT2D eigenvalue weighted by Gasteiger charge is 2.43. The second kappa shape index (κ2) is 4.91. The number of likely N-dealkylation sites (tertiary alicyclic amines) is 1. The van der Waals surface area contributed by atoms with Crippen LogP contribution in [0.3, 0.4) is 0 Å². The molecule has 2 atom stereocenters. The lowest BCUT2D eigenvalue weighted by molar-refractivity contribution is -0.142. The Balaban J connectivity index is 2.08. The van der Waals surface area contributed by atoms with Gasteiger partial charge in [0.15, 0.2) is 6.04 Å². The van der Waals surface area contributed by atoms with E-state index in [1.54, 1.807) is 0 Å². The normalized spacial score (nSPS) is 30.4. The Morgan fingerprint density at radius 1 is 1.59 bits per heavy atom. The van der Waals surface area contributed by atoms with Crippen LogP contribution >= 0.6 is 0 Å². The Kier molecular flexibility index (Phi) is 3.51. The van der Waals surface area contributed by atoms with Gasteiger partial charge in [-0.3, -0.25) is 4.90 Å². The van der Waals surface area contributed by atoms with Gasteiger partial charge in [0.2, 0.25) is 0 Å². The van der Waals surface area contributed by atoms with E-state index in [2.05, 4.69) is 11.8 Å². The number of carbonyl (C=O) groups is 2. The van der Waals surface area contributed by atoms with Gasteiger partial charge in [-0.2, -0.15) is 0 Å². The summed E-state index contributed by atoms with van der Waals surface area (Å²) in [4.78, 5) is 26.3. The van der Waals surface area contributed by atoms with Gasteiger partial charge < -0.3 is 14.7 Å². The Morgan fingerprint density at radius 3 is 3.00 bits per heavy atom. The van der Waals surface area contributed by atoms with Gasteiger partial charge in [0.05, 0.1) is 0 Å². The predicted octanol–water partition coefficient (Wildman–Crippen LogP) is 0.376. The molecule has 0 aliphatic carbocycles. The number of hydrogen-bond acceptors (Lipinski definition) is 4. The summed E-state index contributed by atoms with van der Waals surface area (Å²) in [5, 5.41) is 9.07. The van der Waals surface area contributed by atoms with E-state index in [1.165, 1.54) is 4.90 Å². The molecule has 6 nitrogen and oxygen atoms in total. The summed E-state index contributed by atoms with van der Waals surface area (Å²) in [6, 6.07) is -0.843. The van der Waals surface area contributed by atoms with Crippen LogP contribution in [0.2, 0.25) is 0 Å². The second-order valence-corrected chi connectivity index (χ2v) is 4.53. The van der Waals surface area contributed by atoms with Gasteiger partial charge in [-0.05, 0) is 25.9 Å². The number of likely N-dealkylation sites (N-methyl/N-ethyl adjacent to an activating group) is 1. The minimum Gasteiger partial charge on any atom is -0.480 e. The van der Waals surface area contributed by atoms with E-state index >= 15 is 0 Å². The summed E-state index contributed by atoms with van der Waals surface area (Å²) < 4.78 is 4.85. The molecule has 0 saturated carbocycles. The summed E-state index contributed by atoms with van der Waals surface area (Å²) in [5.41, 5.74) is 0. The van der Waals surface area contributed by atoms with Gasteiger partial charge in [-0.25, -0.2) is 9.59 Å². The monoisotopic (exact) mass is 242 g/mol. The molecule has 2 rings (SSSR count). The first-order valence-corrected chi connectivity index (χ1v) is 6.03. The number of carboxylic acid groups (broad SMARTS) is 1. The maximum absolute atomic E-state index is 11.6. The lowest BCUT2D eigenvalue weighted by atomic mass is 10.0. The molecular weight excluding hydrogens is 224 g/mol. The molecule has 0 bridgehead atoms. The number of nitrogens with zero attached hydrogens (tertiary/aromatic N) is 2. The molecule has 2 aliphatic heterocycles. The number of ether oxygens (including phenoxy) is 1. The van der Waals surface area contributed by atoms with Crippen molar-refractivity contribution < 1.29 is 19.4 Å². The van der Waals surface area contributed by atoms with E-state index in [-0.39, 0.29) is 12.6 Å². The van der Waals surface area contributed by atoms with Crippen LogP contribution in [0.5, 0.6) is 0 Å². The average molecular weight is 242 g/mol. The minimum atomic E-state index is -0.982. The zero-order chi connectivity index (χ0) is 12.4. The van der Waals surface area contributed by atoms with Crippen molar-refractivity contribution >= 4 is 12.1 Å². The number of piperidine rings is 1. The lowest BCUT2D eigenvalue weighted by Crippen LogP contribution is -2.53. The quantitative estimate of drug-likeness (QED) is 0.774. The fourth-order valence-electron chi connectivity index (χ4n) is 2.57. The van der Waals surface area contributed by atoms with Crippen LogP contribution < -0.4 is 0 Å². The second-order valence-electron chi connectivity index (χ2n) is 4.53. The van der Waals surface area contributed by atoms with Crippen molar-refractivity contribution in [2.75, 3.05) is 26.2 Å². The van der Waals surface area contributed by atoms with Gasteiger partial charge in [0, 0.05) is 12.6 Å². The fourth-order valence-corrected chi connectivity index (χ4v) is 2.57. The first kappa shape index (κ1) is 12.2. The van der Waals surface area contributed by atoms with E-state index in [0.717, 1.165) is 32.5 Å². The third-order valence-corrected chi connectivity index (χ3v) is 3.52. The van der Waals surface area contributed by atoms with E-state index in [0.29, 0.717) is 0 Å². The molecule has 0 radical (unpaired) electrons. The Bertz CT molecular complexity index is 321. The van der Waals surface area contributed by atoms with Gasteiger partial charge in [0.1, 0.15) is 6.61 Å². The van der Waals surface area contributed by atoms with Crippen LogP contribution in [0, 0.1) is 0 Å². The van der Waals surface area contributed by atoms with E-state index in [4.69, 9.17) is 9.84 Å². The largest absolute Gasteiger partial charge is 0.480 e. The number of carboxylic acids is 1. The molecule has 0 aromatic carbocycles. The molecule has 0 spiro atoms. The number of rotatable bonds is 3. The summed E-state index contributed by atoms with van der Waals surface area (Å²) in [6.07, 6.45) is 1.37. The van der Waals surface area contributed by atoms with E-state index in [9.17, 15) is 9.59 Å². The highest BCUT2D eigenvalue weighted by Crippen LogP contribution is 2.23. The summed E-state index contributed by atoms with van der Waals surface area (Å²) in [7, 11) is 0. The van der Waals surface area contributed by atoms with Crippen LogP contribution in [0.1, 0.15) is 19.8 Å². The fraction of sp³-hybridized carbons (Fsp3) is 0.818. The Labute approximate surface area is 100 Å². The third kappa shape index (κ3) is 2.36. The van der Waals surface area contributed by atoms with Crippen molar-refractivity contribution in [1.82, 2.24) is 9.80 Å². The summed E-state index contributed by atoms with van der Waals surface area (Å²) >= 11 is 0. The zero-order valence-corrected chi connectivity index (χ0v) is 9.96. The average Bonchev–Trinajstić information content (AvgIpc) is 2.71. The number of aliphatic carboxylic acids is 1. The lowest BCUT2D eigenvalue weighted by Gasteiger charge is -2.37. The molecule has 1 amide bonds. The van der Waals surface area contributed by atoms with Crippen molar-refractivity contribution in [2.45, 2.75) is 31.8 Å². The van der Waals surface area contributed by atoms with Crippen molar-refractivity contribution in [3.05, 3.63) is 0 Å². The highest BCUT2D eigenvalue weighted by atomic mass is 16.6. The maximum atomic E-state index is 11.6. The van der Waals surface area contributed by atoms with Crippen LogP contribution in [0.4, 0.5) is 4.79 Å². The molecule has 6 heteroatoms. The van der Waals surface area contributed by atoms with Crippen molar-refractivity contribution in [1.29, 1.82) is 0 Å². The number of cyclic esters (lactones) is 1. The molecule has 2 aliphatic rings. The van der Waals surface area contributed by atoms with Crippen LogP contribution in [0.15, 0.2) is 0 Å². The van der Waals surface area contributed by atoms with Gasteiger partial charge in [0.25, 0.3) is 0 Å². The molecule has 2 heterocycles. The third-order valence-electron chi connectivity index (χ3n) is 3.52. The smallest absolute Gasteiger partial charge is 0.411 e. The number of carbonyl (C=O) groups excluding carboxylic acids is 1. The molecule has 1 N–H and O–H groups in total. The Morgan fingerprint density at radius 2 is 2.35 bits per heavy atom. The standard InChI is InChI=1S/C11H18N2O4/c1-2-12-5-3-4-8(6-12)13-9(10(14)15)7-17-11(13)16/h8-9H,2-7H2,1H3,(H,14,15). The first-order valence-electron chi connectivity index (χ1n) is 6.03. The summed E-state index contributed by atoms with van der Waals surface area (Å²) in [6.45, 7) is 4.73. The van der Waals surface area contributed by atoms with Gasteiger partial charge >= 0.3 is 12.1 Å². The maximum Gasteiger partial charge on any atom is 0.411 e. The Hall–Kier alpha value is -1.30. The minimum absolute atomic E-state index is 0.0280. The van der Waals surface area contributed by atoms with Crippen molar-refractivity contribution in [2.24, 2.45) is 0 Å². The molecule has 0 aromatic rings. The zero-order valence-electron chi connectivity index (χ0n) is 9.96. The van der Waals surface area contributed by atoms with Crippen LogP contribution in [0.25, 0.3) is 0 Å². The topological polar surface area (TPSA) is 70.1 Å². The summed E-state index contributed by atoms with van der Waals surface area (Å²) in [5.74, 6) is -0.982. The molecule has 2 saturated heterocycles. The molecule has 96 valence electrons. The number of amides is 1. The molecule has 2 fully saturated rings. The van der Waals surface area contributed by atoms with Crippen molar-refractivity contribution in [3.8, 4) is 0 Å². The van der Waals surface area contributed by atoms with Gasteiger partial charge in [-0.15, -0.1) is 0 Å².